The van der Waals surface area contributed by atoms with Gasteiger partial charge in [-0.05, 0) is 86.7 Å². The van der Waals surface area contributed by atoms with E-state index in [1.165, 1.54) is 0 Å². The van der Waals surface area contributed by atoms with Crippen LogP contribution in [0.2, 0.25) is 0 Å². The summed E-state index contributed by atoms with van der Waals surface area (Å²) in [6.45, 7) is 7.84. The van der Waals surface area contributed by atoms with Crippen molar-refractivity contribution in [1.29, 1.82) is 0 Å². The highest BCUT2D eigenvalue weighted by Crippen LogP contribution is 2.31. The van der Waals surface area contributed by atoms with Gasteiger partial charge in [-0.1, -0.05) is 6.07 Å². The zero-order valence-corrected chi connectivity index (χ0v) is 22.6. The van der Waals surface area contributed by atoms with Gasteiger partial charge in [0.2, 0.25) is 0 Å². The summed E-state index contributed by atoms with van der Waals surface area (Å²) < 4.78 is 10.5. The maximum atomic E-state index is 12.5. The highest BCUT2D eigenvalue weighted by atomic mass is 16.6. The number of ether oxygens (including phenoxy) is 2. The van der Waals surface area contributed by atoms with Crippen LogP contribution in [0.1, 0.15) is 50.1 Å². The molecule has 0 aliphatic carbocycles. The first kappa shape index (κ1) is 29.3. The van der Waals surface area contributed by atoms with Crippen LogP contribution in [0.25, 0.3) is 0 Å². The van der Waals surface area contributed by atoms with Gasteiger partial charge in [-0.2, -0.15) is 0 Å². The highest BCUT2D eigenvalue weighted by molar-refractivity contribution is 5.91. The van der Waals surface area contributed by atoms with E-state index in [0.29, 0.717) is 39.2 Å². The van der Waals surface area contributed by atoms with Gasteiger partial charge in [0, 0.05) is 33.6 Å². The maximum Gasteiger partial charge on any atom is 0.411 e. The molecule has 3 rings (SSSR count). The largest absolute Gasteiger partial charge is 0.507 e. The molecule has 10 heteroatoms. The smallest absolute Gasteiger partial charge is 0.411 e. The summed E-state index contributed by atoms with van der Waals surface area (Å²) in [5.41, 5.74) is 6.05. The molecule has 6 N–H and O–H groups in total. The van der Waals surface area contributed by atoms with Crippen molar-refractivity contribution in [1.82, 2.24) is 0 Å². The number of carbonyl (C=O) groups excluding carboxylic acids is 2. The van der Waals surface area contributed by atoms with Crippen LogP contribution >= 0.6 is 0 Å². The molecule has 0 saturated carbocycles. The van der Waals surface area contributed by atoms with E-state index in [0.717, 1.165) is 22.3 Å². The number of anilines is 2. The minimum atomic E-state index is -0.772. The number of nitrogens with one attached hydrogen (secondary N) is 2. The molecule has 0 saturated heterocycles. The highest BCUT2D eigenvalue weighted by Gasteiger charge is 2.17. The number of aliphatic hydroxyl groups excluding tert-OH is 2. The number of aromatic hydroxyl groups is 2. The van der Waals surface area contributed by atoms with Gasteiger partial charge in [0.25, 0.3) is 0 Å². The number of aliphatic hydroxyl groups is 2. The van der Waals surface area contributed by atoms with Crippen LogP contribution in [0, 0.1) is 34.6 Å². The third-order valence-electron chi connectivity index (χ3n) is 6.89. The first-order valence-corrected chi connectivity index (χ1v) is 12.3. The summed E-state index contributed by atoms with van der Waals surface area (Å²) >= 11 is 0. The predicted molar refractivity (Wildman–Crippen MR) is 146 cm³/mol. The topological polar surface area (TPSA) is 158 Å². The van der Waals surface area contributed by atoms with Crippen molar-refractivity contribution in [3.8, 4) is 11.5 Å². The average molecular weight is 539 g/mol. The van der Waals surface area contributed by atoms with Crippen LogP contribution in [0.5, 0.6) is 11.5 Å². The molecule has 0 atom stereocenters. The minimum absolute atomic E-state index is 0.115. The van der Waals surface area contributed by atoms with Gasteiger partial charge < -0.3 is 29.9 Å². The van der Waals surface area contributed by atoms with Crippen molar-refractivity contribution in [3.63, 3.8) is 0 Å². The Labute approximate surface area is 226 Å². The van der Waals surface area contributed by atoms with Crippen LogP contribution in [0.15, 0.2) is 30.3 Å². The first-order valence-electron chi connectivity index (χ1n) is 12.3. The molecule has 0 spiro atoms. The number of phenols is 2. The van der Waals surface area contributed by atoms with Crippen molar-refractivity contribution in [3.05, 3.63) is 80.4 Å². The Balaban J connectivity index is 1.63. The lowest BCUT2D eigenvalue weighted by molar-refractivity contribution is 0.153. The van der Waals surface area contributed by atoms with E-state index in [-0.39, 0.29) is 37.9 Å². The van der Waals surface area contributed by atoms with Crippen LogP contribution < -0.4 is 10.6 Å². The SMILES string of the molecule is Cc1cc(COC(=O)Nc2cccc(NC(=O)OCc3cc(C)c(C)c(CO)c3O)c2C)c(O)c(CO)c1C. The van der Waals surface area contributed by atoms with E-state index in [4.69, 9.17) is 9.47 Å². The fourth-order valence-corrected chi connectivity index (χ4v) is 4.19. The van der Waals surface area contributed by atoms with Crippen molar-refractivity contribution in [2.45, 2.75) is 61.0 Å². The monoisotopic (exact) mass is 538 g/mol. The molecule has 0 radical (unpaired) electrons. The van der Waals surface area contributed by atoms with E-state index < -0.39 is 12.2 Å². The van der Waals surface area contributed by atoms with Gasteiger partial charge in [-0.15, -0.1) is 0 Å². The summed E-state index contributed by atoms with van der Waals surface area (Å²) in [5.74, 6) is -0.230. The number of aryl methyl sites for hydroxylation is 2. The number of hydrogen-bond donors (Lipinski definition) is 6. The van der Waals surface area contributed by atoms with Crippen molar-refractivity contribution in [2.24, 2.45) is 0 Å². The third-order valence-corrected chi connectivity index (χ3v) is 6.89. The molecule has 3 aromatic rings. The minimum Gasteiger partial charge on any atom is -0.507 e. The molecular weight excluding hydrogens is 504 g/mol. The van der Waals surface area contributed by atoms with E-state index in [1.807, 2.05) is 13.8 Å². The second-order valence-corrected chi connectivity index (χ2v) is 9.31. The summed E-state index contributed by atoms with van der Waals surface area (Å²) in [7, 11) is 0. The van der Waals surface area contributed by atoms with Gasteiger partial charge in [0.1, 0.15) is 24.7 Å². The normalized spacial score (nSPS) is 10.7. The summed E-state index contributed by atoms with van der Waals surface area (Å²) in [6.07, 6.45) is -1.54. The molecule has 39 heavy (non-hydrogen) atoms. The molecule has 0 aliphatic rings. The van der Waals surface area contributed by atoms with Crippen molar-refractivity contribution < 1.29 is 39.5 Å². The van der Waals surface area contributed by atoms with Gasteiger partial charge in [0.05, 0.1) is 13.2 Å². The summed E-state index contributed by atoms with van der Waals surface area (Å²) in [5, 5.41) is 45.1. The zero-order valence-electron chi connectivity index (χ0n) is 22.6. The van der Waals surface area contributed by atoms with E-state index in [9.17, 15) is 30.0 Å². The molecule has 0 bridgehead atoms. The number of rotatable bonds is 8. The number of hydrogen-bond acceptors (Lipinski definition) is 8. The lowest BCUT2D eigenvalue weighted by Crippen LogP contribution is -2.17. The summed E-state index contributed by atoms with van der Waals surface area (Å²) in [6, 6.07) is 8.28. The van der Waals surface area contributed by atoms with Gasteiger partial charge in [-0.25, -0.2) is 9.59 Å². The molecule has 0 aromatic heterocycles. The second-order valence-electron chi connectivity index (χ2n) is 9.31. The maximum absolute atomic E-state index is 12.5. The van der Waals surface area contributed by atoms with Crippen molar-refractivity contribution in [2.75, 3.05) is 10.6 Å². The van der Waals surface area contributed by atoms with Gasteiger partial charge >= 0.3 is 12.2 Å². The quantitative estimate of drug-likeness (QED) is 0.231. The van der Waals surface area contributed by atoms with E-state index >= 15 is 0 Å². The fraction of sp³-hybridized carbons (Fsp3) is 0.310. The average Bonchev–Trinajstić information content (AvgIpc) is 2.90. The van der Waals surface area contributed by atoms with Crippen LogP contribution in [-0.2, 0) is 35.9 Å². The number of amides is 2. The van der Waals surface area contributed by atoms with Gasteiger partial charge in [-0.3, -0.25) is 10.6 Å². The Morgan fingerprint density at radius 1 is 0.692 bits per heavy atom. The fourth-order valence-electron chi connectivity index (χ4n) is 4.19. The Bertz CT molecular complexity index is 1300. The Hall–Kier alpha value is -4.28. The Morgan fingerprint density at radius 3 is 1.44 bits per heavy atom. The molecule has 2 amide bonds. The molecule has 3 aromatic carbocycles. The lowest BCUT2D eigenvalue weighted by Gasteiger charge is -2.16. The molecule has 10 nitrogen and oxygen atoms in total. The van der Waals surface area contributed by atoms with E-state index in [2.05, 4.69) is 10.6 Å². The zero-order chi connectivity index (χ0) is 28.9. The van der Waals surface area contributed by atoms with Gasteiger partial charge in [0.15, 0.2) is 0 Å². The number of benzene rings is 3. The standard InChI is InChI=1S/C29H34N2O8/c1-15-9-20(26(34)22(11-32)17(15)3)13-38-28(36)30-24-7-6-8-25(19(24)5)31-29(37)39-14-21-10-16(2)18(4)23(12-33)27(21)35/h6-10,32-35H,11-14H2,1-5H3,(H,30,36)(H,31,37). The third kappa shape index (κ3) is 6.60. The Kier molecular flexibility index (Phi) is 9.39. The molecule has 0 aliphatic heterocycles. The number of carbonyl (C=O) groups is 2. The van der Waals surface area contributed by atoms with Crippen LogP contribution in [0.4, 0.5) is 21.0 Å². The Morgan fingerprint density at radius 2 is 1.08 bits per heavy atom. The lowest BCUT2D eigenvalue weighted by atomic mass is 9.99. The predicted octanol–water partition coefficient (Wildman–Crippen LogP) is 5.12. The molecule has 0 heterocycles. The second kappa shape index (κ2) is 12.5. The first-order chi connectivity index (χ1) is 18.5. The molecule has 208 valence electrons. The molecular formula is C29H34N2O8. The van der Waals surface area contributed by atoms with E-state index in [1.54, 1.807) is 51.1 Å². The summed E-state index contributed by atoms with van der Waals surface area (Å²) in [4.78, 5) is 24.9. The van der Waals surface area contributed by atoms with Crippen LogP contribution in [-0.4, -0.2) is 32.6 Å². The van der Waals surface area contributed by atoms with Crippen LogP contribution in [0.3, 0.4) is 0 Å². The van der Waals surface area contributed by atoms with Crippen molar-refractivity contribution >= 4 is 23.6 Å². The molecule has 0 unspecified atom stereocenters. The molecule has 0 fully saturated rings.